The largest absolute Gasteiger partial charge is 0.610 e. The molecular weight excluding hydrogens is 302 g/mol. The third kappa shape index (κ3) is 4.92. The van der Waals surface area contributed by atoms with Crippen LogP contribution in [0.5, 0.6) is 5.75 Å². The molecule has 0 heterocycles. The van der Waals surface area contributed by atoms with Crippen LogP contribution in [0.3, 0.4) is 0 Å². The van der Waals surface area contributed by atoms with E-state index in [1.165, 1.54) is 18.6 Å². The molecule has 0 saturated carbocycles. The molecule has 0 spiro atoms. The summed E-state index contributed by atoms with van der Waals surface area (Å²) in [5.41, 5.74) is -0.0218. The molecule has 0 aromatic heterocycles. The molecule has 0 aliphatic rings. The summed E-state index contributed by atoms with van der Waals surface area (Å²) < 4.78 is 17.7. The Kier molecular flexibility index (Phi) is 7.15. The Morgan fingerprint density at radius 3 is 2.65 bits per heavy atom. The van der Waals surface area contributed by atoms with E-state index in [0.29, 0.717) is 0 Å². The predicted octanol–water partition coefficient (Wildman–Crippen LogP) is 1.86. The number of anilines is 1. The number of rotatable bonds is 4. The van der Waals surface area contributed by atoms with Crippen LogP contribution < -0.4 is 10.1 Å². The van der Waals surface area contributed by atoms with Crippen molar-refractivity contribution >= 4 is 18.1 Å². The Hall–Kier alpha value is -0.806. The van der Waals surface area contributed by atoms with Gasteiger partial charge in [0.25, 0.3) is 0 Å². The van der Waals surface area contributed by atoms with Crippen LogP contribution in [0.2, 0.25) is 0 Å². The molecule has 0 bridgehead atoms. The SMILES string of the molecule is CC(C)C(=O)Nc1cc(O[C-]=O)ccc1F.[Y]. The van der Waals surface area contributed by atoms with E-state index in [2.05, 4.69) is 10.1 Å². The number of carbonyl (C=O) groups is 1. The summed E-state index contributed by atoms with van der Waals surface area (Å²) in [6.07, 6.45) is 0. The molecule has 0 fully saturated rings. The zero-order valence-corrected chi connectivity index (χ0v) is 12.3. The van der Waals surface area contributed by atoms with Gasteiger partial charge in [-0.05, 0) is 11.8 Å². The van der Waals surface area contributed by atoms with Gasteiger partial charge in [-0.3, -0.25) is 4.79 Å². The minimum Gasteiger partial charge on any atom is -0.610 e. The number of benzene rings is 1. The second-order valence-electron chi connectivity index (χ2n) is 3.47. The van der Waals surface area contributed by atoms with Crippen molar-refractivity contribution in [2.45, 2.75) is 13.8 Å². The summed E-state index contributed by atoms with van der Waals surface area (Å²) in [6.45, 7) is 4.60. The summed E-state index contributed by atoms with van der Waals surface area (Å²) >= 11 is 0. The van der Waals surface area contributed by atoms with Gasteiger partial charge < -0.3 is 14.8 Å². The third-order valence-electron chi connectivity index (χ3n) is 1.88. The Labute approximate surface area is 124 Å². The van der Waals surface area contributed by atoms with Crippen molar-refractivity contribution in [3.63, 3.8) is 0 Å². The van der Waals surface area contributed by atoms with Gasteiger partial charge in [-0.25, -0.2) is 4.39 Å². The van der Waals surface area contributed by atoms with E-state index in [4.69, 9.17) is 0 Å². The Morgan fingerprint density at radius 2 is 2.12 bits per heavy atom. The number of hydrogen-bond acceptors (Lipinski definition) is 3. The van der Waals surface area contributed by atoms with Crippen molar-refractivity contribution in [1.82, 2.24) is 0 Å². The minimum absolute atomic E-state index is 0. The minimum atomic E-state index is -0.591. The number of nitrogens with one attached hydrogen (secondary N) is 1. The van der Waals surface area contributed by atoms with Crippen LogP contribution in [0, 0.1) is 11.7 Å². The second-order valence-corrected chi connectivity index (χ2v) is 3.47. The molecule has 1 N–H and O–H groups in total. The van der Waals surface area contributed by atoms with Gasteiger partial charge in [0.05, 0.1) is 5.69 Å². The van der Waals surface area contributed by atoms with Crippen LogP contribution in [0.1, 0.15) is 13.8 Å². The molecule has 1 radical (unpaired) electrons. The molecule has 89 valence electrons. The number of carbonyl (C=O) groups excluding carboxylic acids is 2. The van der Waals surface area contributed by atoms with Crippen molar-refractivity contribution in [3.05, 3.63) is 24.0 Å². The molecule has 0 aliphatic carbocycles. The second kappa shape index (κ2) is 7.51. The van der Waals surface area contributed by atoms with Crippen LogP contribution in [0.25, 0.3) is 0 Å². The van der Waals surface area contributed by atoms with Crippen molar-refractivity contribution in [2.75, 3.05) is 5.32 Å². The maximum atomic E-state index is 13.3. The van der Waals surface area contributed by atoms with E-state index in [0.717, 1.165) is 6.07 Å². The third-order valence-corrected chi connectivity index (χ3v) is 1.88. The molecule has 6 heteroatoms. The van der Waals surface area contributed by atoms with Crippen LogP contribution in [0.15, 0.2) is 18.2 Å². The number of ether oxygens (including phenoxy) is 1. The Morgan fingerprint density at radius 1 is 1.47 bits per heavy atom. The molecule has 4 nitrogen and oxygen atoms in total. The summed E-state index contributed by atoms with van der Waals surface area (Å²) in [5, 5.41) is 2.38. The Bertz CT molecular complexity index is 410. The normalized spacial score (nSPS) is 9.41. The Balaban J connectivity index is 0.00000256. The summed E-state index contributed by atoms with van der Waals surface area (Å²) in [7, 11) is 0. The molecule has 1 aromatic carbocycles. The van der Waals surface area contributed by atoms with Gasteiger partial charge in [0.2, 0.25) is 5.91 Å². The van der Waals surface area contributed by atoms with E-state index in [1.54, 1.807) is 13.8 Å². The number of amides is 1. The standard InChI is InChI=1S/C11H11FNO3.Y/c1-7(2)11(15)13-10-5-8(16-6-14)3-4-9(10)12;/h3-5,7H,1-2H3,(H,13,15);/q-1;. The molecule has 1 aromatic rings. The average molecular weight is 313 g/mol. The molecule has 1 rings (SSSR count). The van der Waals surface area contributed by atoms with Crippen LogP contribution >= 0.6 is 0 Å². The van der Waals surface area contributed by atoms with Crippen molar-refractivity contribution in [1.29, 1.82) is 0 Å². The summed E-state index contributed by atoms with van der Waals surface area (Å²) in [6, 6.07) is 3.59. The molecular formula is C11H11FNO3Y-. The first-order valence-electron chi connectivity index (χ1n) is 4.69. The first kappa shape index (κ1) is 16.2. The molecule has 0 aliphatic heterocycles. The van der Waals surface area contributed by atoms with Crippen LogP contribution in [0.4, 0.5) is 10.1 Å². The van der Waals surface area contributed by atoms with Crippen molar-refractivity contribution in [2.24, 2.45) is 5.92 Å². The monoisotopic (exact) mass is 313 g/mol. The predicted molar refractivity (Wildman–Crippen MR) is 56.2 cm³/mol. The van der Waals surface area contributed by atoms with Gasteiger partial charge in [-0.1, -0.05) is 19.9 Å². The number of hydrogen-bond donors (Lipinski definition) is 1. The van der Waals surface area contributed by atoms with Crippen molar-refractivity contribution < 1.29 is 51.4 Å². The summed E-state index contributed by atoms with van der Waals surface area (Å²) in [4.78, 5) is 21.3. The van der Waals surface area contributed by atoms with Gasteiger partial charge in [0.1, 0.15) is 5.82 Å². The fourth-order valence-electron chi connectivity index (χ4n) is 0.989. The fourth-order valence-corrected chi connectivity index (χ4v) is 0.989. The smallest absolute Gasteiger partial charge is 0.226 e. The van der Waals surface area contributed by atoms with Gasteiger partial charge in [-0.15, -0.1) is 6.07 Å². The molecule has 0 atom stereocenters. The zero-order valence-electron chi connectivity index (χ0n) is 9.49. The quantitative estimate of drug-likeness (QED) is 0.863. The molecule has 1 amide bonds. The van der Waals surface area contributed by atoms with Gasteiger partial charge in [0, 0.05) is 38.6 Å². The summed E-state index contributed by atoms with van der Waals surface area (Å²) in [5.74, 6) is -1.05. The first-order chi connectivity index (χ1) is 7.54. The van der Waals surface area contributed by atoms with Crippen molar-refractivity contribution in [3.8, 4) is 5.75 Å². The topological polar surface area (TPSA) is 55.4 Å². The van der Waals surface area contributed by atoms with Crippen LogP contribution in [-0.2, 0) is 42.3 Å². The van der Waals surface area contributed by atoms with Gasteiger partial charge in [0.15, 0.2) is 6.47 Å². The van der Waals surface area contributed by atoms with E-state index in [1.807, 2.05) is 0 Å². The molecule has 17 heavy (non-hydrogen) atoms. The fraction of sp³-hybridized carbons (Fsp3) is 0.273. The zero-order chi connectivity index (χ0) is 12.1. The number of halogens is 1. The van der Waals surface area contributed by atoms with Gasteiger partial charge in [-0.2, -0.15) is 0 Å². The maximum Gasteiger partial charge on any atom is 0.226 e. The van der Waals surface area contributed by atoms with E-state index < -0.39 is 5.82 Å². The first-order valence-corrected chi connectivity index (χ1v) is 4.69. The van der Waals surface area contributed by atoms with E-state index >= 15 is 0 Å². The molecule has 0 saturated heterocycles. The van der Waals surface area contributed by atoms with Gasteiger partial charge >= 0.3 is 0 Å². The molecule has 0 unspecified atom stereocenters. The average Bonchev–Trinajstić information content (AvgIpc) is 2.23. The van der Waals surface area contributed by atoms with Crippen LogP contribution in [-0.4, -0.2) is 12.4 Å². The maximum absolute atomic E-state index is 13.3. The van der Waals surface area contributed by atoms with E-state index in [-0.39, 0.29) is 56.0 Å². The van der Waals surface area contributed by atoms with E-state index in [9.17, 15) is 14.0 Å².